The molecule has 0 saturated heterocycles. The van der Waals surface area contributed by atoms with E-state index in [1.807, 2.05) is 0 Å². The molecule has 0 saturated carbocycles. The fourth-order valence-electron chi connectivity index (χ4n) is 2.50. The Morgan fingerprint density at radius 2 is 1.15 bits per heavy atom. The number of benzene rings is 3. The average molecular weight is 349 g/mol. The quantitative estimate of drug-likeness (QED) is 0.666. The highest BCUT2D eigenvalue weighted by Crippen LogP contribution is 2.30. The number of rotatable bonds is 4. The minimum Gasteiger partial charge on any atom is -0.508 e. The number of amides is 1. The van der Waals surface area contributed by atoms with Gasteiger partial charge in [0, 0.05) is 16.9 Å². The summed E-state index contributed by atoms with van der Waals surface area (Å²) >= 11 is 0. The zero-order valence-corrected chi connectivity index (χ0v) is 13.5. The van der Waals surface area contributed by atoms with Gasteiger partial charge in [0.15, 0.2) is 0 Å². The van der Waals surface area contributed by atoms with Gasteiger partial charge in [0.25, 0.3) is 5.91 Å². The lowest BCUT2D eigenvalue weighted by Crippen LogP contribution is -2.26. The number of carbonyl (C=O) groups is 2. The van der Waals surface area contributed by atoms with Crippen LogP contribution in [0.5, 0.6) is 11.5 Å². The van der Waals surface area contributed by atoms with Crippen molar-refractivity contribution >= 4 is 23.3 Å². The number of carbonyl (C=O) groups excluding carboxylic acids is 1. The molecule has 6 nitrogen and oxygen atoms in total. The Labute approximate surface area is 149 Å². The fourth-order valence-corrected chi connectivity index (χ4v) is 2.50. The van der Waals surface area contributed by atoms with E-state index in [4.69, 9.17) is 5.11 Å². The van der Waals surface area contributed by atoms with Crippen molar-refractivity contribution in [3.8, 4) is 11.5 Å². The Morgan fingerprint density at radius 1 is 0.692 bits per heavy atom. The van der Waals surface area contributed by atoms with Crippen LogP contribution in [0.1, 0.15) is 20.7 Å². The molecule has 0 aliphatic rings. The molecule has 3 aromatic carbocycles. The SMILES string of the molecule is O=C(O)c1cccc(C(=O)N(c2ccc(O)cc2)c2ccc(O)cc2)c1. The van der Waals surface area contributed by atoms with Gasteiger partial charge in [-0.2, -0.15) is 0 Å². The highest BCUT2D eigenvalue weighted by Gasteiger charge is 2.21. The van der Waals surface area contributed by atoms with E-state index >= 15 is 0 Å². The van der Waals surface area contributed by atoms with E-state index in [9.17, 15) is 19.8 Å². The van der Waals surface area contributed by atoms with Crippen molar-refractivity contribution in [3.63, 3.8) is 0 Å². The lowest BCUT2D eigenvalue weighted by atomic mass is 10.1. The topological polar surface area (TPSA) is 98.1 Å². The first-order valence-electron chi connectivity index (χ1n) is 7.71. The van der Waals surface area contributed by atoms with E-state index in [1.165, 1.54) is 53.4 Å². The summed E-state index contributed by atoms with van der Waals surface area (Å²) in [6.45, 7) is 0. The summed E-state index contributed by atoms with van der Waals surface area (Å²) in [5.41, 5.74) is 1.18. The van der Waals surface area contributed by atoms with Crippen LogP contribution in [-0.4, -0.2) is 27.2 Å². The van der Waals surface area contributed by atoms with Crippen LogP contribution in [-0.2, 0) is 0 Å². The monoisotopic (exact) mass is 349 g/mol. The number of phenolic OH excluding ortho intramolecular Hbond substituents is 2. The van der Waals surface area contributed by atoms with Gasteiger partial charge in [-0.3, -0.25) is 9.69 Å². The molecule has 0 heterocycles. The zero-order valence-electron chi connectivity index (χ0n) is 13.5. The Bertz CT molecular complexity index is 903. The number of hydrogen-bond acceptors (Lipinski definition) is 4. The van der Waals surface area contributed by atoms with Crippen molar-refractivity contribution in [2.24, 2.45) is 0 Å². The highest BCUT2D eigenvalue weighted by molar-refractivity contribution is 6.11. The van der Waals surface area contributed by atoms with Crippen LogP contribution in [0.4, 0.5) is 11.4 Å². The second kappa shape index (κ2) is 6.98. The number of carboxylic acids is 1. The second-order valence-corrected chi connectivity index (χ2v) is 5.56. The summed E-state index contributed by atoms with van der Waals surface area (Å²) < 4.78 is 0. The summed E-state index contributed by atoms with van der Waals surface area (Å²) in [5, 5.41) is 28.1. The minimum atomic E-state index is -1.12. The third-order valence-corrected chi connectivity index (χ3v) is 3.78. The summed E-state index contributed by atoms with van der Waals surface area (Å²) in [7, 11) is 0. The lowest BCUT2D eigenvalue weighted by molar-refractivity contribution is 0.0697. The first-order chi connectivity index (χ1) is 12.5. The standard InChI is InChI=1S/C20H15NO5/c22-17-8-4-15(5-9-17)21(16-6-10-18(23)11-7-16)19(24)13-2-1-3-14(12-13)20(25)26/h1-12,22-23H,(H,25,26). The molecule has 0 spiro atoms. The molecule has 0 aliphatic carbocycles. The van der Waals surface area contributed by atoms with Gasteiger partial charge in [-0.05, 0) is 66.7 Å². The molecule has 0 aliphatic heterocycles. The first-order valence-corrected chi connectivity index (χ1v) is 7.71. The molecule has 0 atom stereocenters. The lowest BCUT2D eigenvalue weighted by Gasteiger charge is -2.23. The maximum atomic E-state index is 13.1. The second-order valence-electron chi connectivity index (χ2n) is 5.56. The smallest absolute Gasteiger partial charge is 0.335 e. The van der Waals surface area contributed by atoms with Crippen LogP contribution in [0, 0.1) is 0 Å². The van der Waals surface area contributed by atoms with Crippen LogP contribution in [0.15, 0.2) is 72.8 Å². The van der Waals surface area contributed by atoms with E-state index < -0.39 is 11.9 Å². The molecule has 26 heavy (non-hydrogen) atoms. The summed E-state index contributed by atoms with van der Waals surface area (Å²) in [6.07, 6.45) is 0. The average Bonchev–Trinajstić information content (AvgIpc) is 2.65. The molecule has 130 valence electrons. The summed E-state index contributed by atoms with van der Waals surface area (Å²) in [5.74, 6) is -1.45. The maximum absolute atomic E-state index is 13.1. The normalized spacial score (nSPS) is 10.3. The molecular weight excluding hydrogens is 334 g/mol. The van der Waals surface area contributed by atoms with Crippen molar-refractivity contribution in [1.82, 2.24) is 0 Å². The van der Waals surface area contributed by atoms with Gasteiger partial charge < -0.3 is 15.3 Å². The van der Waals surface area contributed by atoms with Crippen molar-refractivity contribution in [1.29, 1.82) is 0 Å². The van der Waals surface area contributed by atoms with Gasteiger partial charge in [0.05, 0.1) is 5.56 Å². The Hall–Kier alpha value is -3.80. The highest BCUT2D eigenvalue weighted by atomic mass is 16.4. The number of anilines is 2. The predicted octanol–water partition coefficient (Wildman–Crippen LogP) is 3.77. The number of hydrogen-bond donors (Lipinski definition) is 3. The minimum absolute atomic E-state index is 0.00668. The number of nitrogens with zero attached hydrogens (tertiary/aromatic N) is 1. The molecule has 1 amide bonds. The van der Waals surface area contributed by atoms with E-state index in [-0.39, 0.29) is 22.6 Å². The van der Waals surface area contributed by atoms with Crippen molar-refractivity contribution in [3.05, 3.63) is 83.9 Å². The summed E-state index contributed by atoms with van der Waals surface area (Å²) in [4.78, 5) is 25.7. The molecule has 3 N–H and O–H groups in total. The summed E-state index contributed by atoms with van der Waals surface area (Å²) in [6, 6.07) is 17.8. The van der Waals surface area contributed by atoms with Crippen molar-refractivity contribution in [2.75, 3.05) is 4.90 Å². The van der Waals surface area contributed by atoms with Crippen molar-refractivity contribution < 1.29 is 24.9 Å². The van der Waals surface area contributed by atoms with Gasteiger partial charge in [-0.15, -0.1) is 0 Å². The molecule has 3 aromatic rings. The zero-order chi connectivity index (χ0) is 18.7. The van der Waals surface area contributed by atoms with Crippen LogP contribution in [0.3, 0.4) is 0 Å². The molecular formula is C20H15NO5. The van der Waals surface area contributed by atoms with Crippen LogP contribution in [0.25, 0.3) is 0 Å². The van der Waals surface area contributed by atoms with E-state index in [1.54, 1.807) is 24.3 Å². The number of aromatic carboxylic acids is 1. The van der Waals surface area contributed by atoms with Gasteiger partial charge in [-0.25, -0.2) is 4.79 Å². The molecule has 0 fully saturated rings. The molecule has 3 rings (SSSR count). The maximum Gasteiger partial charge on any atom is 0.335 e. The number of carboxylic acid groups (broad SMARTS) is 1. The van der Waals surface area contributed by atoms with Crippen LogP contribution < -0.4 is 4.90 Å². The first kappa shape index (κ1) is 17.0. The van der Waals surface area contributed by atoms with Gasteiger partial charge in [0.2, 0.25) is 0 Å². The molecule has 0 radical (unpaired) electrons. The molecule has 6 heteroatoms. The molecule has 0 unspecified atom stereocenters. The number of aromatic hydroxyl groups is 2. The van der Waals surface area contributed by atoms with Gasteiger partial charge >= 0.3 is 5.97 Å². The van der Waals surface area contributed by atoms with E-state index in [2.05, 4.69) is 0 Å². The Morgan fingerprint density at radius 3 is 1.62 bits per heavy atom. The number of phenols is 2. The third-order valence-electron chi connectivity index (χ3n) is 3.78. The van der Waals surface area contributed by atoms with E-state index in [0.29, 0.717) is 11.4 Å². The van der Waals surface area contributed by atoms with Crippen molar-refractivity contribution in [2.45, 2.75) is 0 Å². The van der Waals surface area contributed by atoms with Crippen LogP contribution in [0.2, 0.25) is 0 Å². The van der Waals surface area contributed by atoms with Gasteiger partial charge in [-0.1, -0.05) is 6.07 Å². The van der Waals surface area contributed by atoms with Crippen LogP contribution >= 0.6 is 0 Å². The predicted molar refractivity (Wildman–Crippen MR) is 96.1 cm³/mol. The fraction of sp³-hybridized carbons (Fsp3) is 0. The molecule has 0 aromatic heterocycles. The largest absolute Gasteiger partial charge is 0.508 e. The van der Waals surface area contributed by atoms with E-state index in [0.717, 1.165) is 0 Å². The Kier molecular flexibility index (Phi) is 4.57. The third kappa shape index (κ3) is 3.49. The molecule has 0 bridgehead atoms. The Balaban J connectivity index is 2.09. The van der Waals surface area contributed by atoms with Gasteiger partial charge in [0.1, 0.15) is 11.5 Å².